The fourth-order valence-corrected chi connectivity index (χ4v) is 3.23. The van der Waals surface area contributed by atoms with Gasteiger partial charge in [-0.25, -0.2) is 0 Å². The molecule has 0 unspecified atom stereocenters. The molecule has 0 amide bonds. The van der Waals surface area contributed by atoms with E-state index in [1.807, 2.05) is 48.5 Å². The first-order valence-electron chi connectivity index (χ1n) is 9.48. The Labute approximate surface area is 168 Å². The van der Waals surface area contributed by atoms with E-state index in [-0.39, 0.29) is 13.2 Å². The zero-order valence-electron chi connectivity index (χ0n) is 17.2. The van der Waals surface area contributed by atoms with Crippen LogP contribution < -0.4 is 9.47 Å². The van der Waals surface area contributed by atoms with Crippen molar-refractivity contribution in [1.29, 1.82) is 0 Å². The van der Waals surface area contributed by atoms with Crippen molar-refractivity contribution in [2.24, 2.45) is 0 Å². The first-order valence-corrected chi connectivity index (χ1v) is 11.3. The second kappa shape index (κ2) is 9.94. The van der Waals surface area contributed by atoms with Gasteiger partial charge in [0, 0.05) is 0 Å². The molecule has 0 N–H and O–H groups in total. The van der Waals surface area contributed by atoms with Gasteiger partial charge in [-0.15, -0.1) is 0 Å². The van der Waals surface area contributed by atoms with Gasteiger partial charge in [0.2, 0.25) is 0 Å². The van der Waals surface area contributed by atoms with Crippen LogP contribution in [0, 0.1) is 0 Å². The Morgan fingerprint density at radius 1 is 0.714 bits per heavy atom. The van der Waals surface area contributed by atoms with Crippen LogP contribution >= 0.6 is 0 Å². The second-order valence-corrected chi connectivity index (χ2v) is 9.09. The molecule has 0 saturated heterocycles. The van der Waals surface area contributed by atoms with Gasteiger partial charge in [-0.3, -0.25) is 4.18 Å². The molecule has 0 atom stereocenters. The van der Waals surface area contributed by atoms with Crippen LogP contribution in [0.3, 0.4) is 0 Å². The van der Waals surface area contributed by atoms with Crippen LogP contribution in [0.4, 0.5) is 0 Å². The molecule has 2 rings (SSSR count). The van der Waals surface area contributed by atoms with Crippen molar-refractivity contribution < 1.29 is 22.1 Å². The normalized spacial score (nSPS) is 12.0. The second-order valence-electron chi connectivity index (χ2n) is 7.49. The predicted octanol–water partition coefficient (Wildman–Crippen LogP) is 4.74. The summed E-state index contributed by atoms with van der Waals surface area (Å²) in [6, 6.07) is 15.5. The molecule has 0 fully saturated rings. The van der Waals surface area contributed by atoms with E-state index in [1.54, 1.807) is 0 Å². The molecule has 0 bridgehead atoms. The van der Waals surface area contributed by atoms with Crippen LogP contribution in [-0.4, -0.2) is 34.0 Å². The summed E-state index contributed by atoms with van der Waals surface area (Å²) in [6.07, 6.45) is 0.277. The number of hydrogen-bond acceptors (Lipinski definition) is 5. The average molecular weight is 407 g/mol. The highest BCUT2D eigenvalue weighted by Gasteiger charge is 2.18. The number of rotatable bonds is 10. The minimum absolute atomic E-state index is 0.0676. The standard InChI is InChI=1S/C22H30O5S/c1-16(2)18-6-10-20(11-7-18)25-14-22(27-28(5,23)24)15-26-21-12-8-19(9-13-21)17(3)4/h6-13,16-17,22H,14-15H2,1-5H3. The molecular weight excluding hydrogens is 376 g/mol. The minimum atomic E-state index is -3.63. The lowest BCUT2D eigenvalue weighted by Crippen LogP contribution is -2.30. The van der Waals surface area contributed by atoms with Crippen molar-refractivity contribution in [3.05, 3.63) is 59.7 Å². The Morgan fingerprint density at radius 2 is 1.07 bits per heavy atom. The molecule has 6 heteroatoms. The lowest BCUT2D eigenvalue weighted by Gasteiger charge is -2.18. The summed E-state index contributed by atoms with van der Waals surface area (Å²) in [7, 11) is -3.63. The fourth-order valence-electron chi connectivity index (χ4n) is 2.63. The van der Waals surface area contributed by atoms with Gasteiger partial charge in [0.25, 0.3) is 10.1 Å². The lowest BCUT2D eigenvalue weighted by molar-refractivity contribution is 0.0869. The Hall–Kier alpha value is -2.05. The fraction of sp³-hybridized carbons (Fsp3) is 0.455. The SMILES string of the molecule is CC(C)c1ccc(OCC(COc2ccc(C(C)C)cc2)OS(C)(=O)=O)cc1. The summed E-state index contributed by atoms with van der Waals surface area (Å²) < 4.78 is 39.7. The molecule has 0 aliphatic rings. The first kappa shape index (κ1) is 22.2. The summed E-state index contributed by atoms with van der Waals surface area (Å²) in [4.78, 5) is 0. The molecular formula is C22H30O5S. The van der Waals surface area contributed by atoms with E-state index in [0.717, 1.165) is 6.26 Å². The van der Waals surface area contributed by atoms with Crippen LogP contribution in [-0.2, 0) is 14.3 Å². The molecule has 0 radical (unpaired) electrons. The first-order chi connectivity index (χ1) is 13.1. The maximum atomic E-state index is 11.6. The van der Waals surface area contributed by atoms with Crippen molar-refractivity contribution in [2.45, 2.75) is 45.6 Å². The van der Waals surface area contributed by atoms with Gasteiger partial charge < -0.3 is 9.47 Å². The highest BCUT2D eigenvalue weighted by atomic mass is 32.2. The van der Waals surface area contributed by atoms with E-state index in [9.17, 15) is 8.42 Å². The van der Waals surface area contributed by atoms with Crippen LogP contribution in [0.5, 0.6) is 11.5 Å². The molecule has 2 aromatic rings. The molecule has 0 aliphatic carbocycles. The van der Waals surface area contributed by atoms with Crippen LogP contribution in [0.1, 0.15) is 50.7 Å². The van der Waals surface area contributed by atoms with Crippen LogP contribution in [0.25, 0.3) is 0 Å². The van der Waals surface area contributed by atoms with E-state index in [0.29, 0.717) is 23.3 Å². The third-order valence-electron chi connectivity index (χ3n) is 4.28. The van der Waals surface area contributed by atoms with Crippen molar-refractivity contribution in [1.82, 2.24) is 0 Å². The molecule has 28 heavy (non-hydrogen) atoms. The molecule has 0 aliphatic heterocycles. The Balaban J connectivity index is 1.97. The summed E-state index contributed by atoms with van der Waals surface area (Å²) in [5.41, 5.74) is 2.42. The molecule has 154 valence electrons. The van der Waals surface area contributed by atoms with Gasteiger partial charge in [0.15, 0.2) is 0 Å². The third-order valence-corrected chi connectivity index (χ3v) is 4.90. The quantitative estimate of drug-likeness (QED) is 0.534. The van der Waals surface area contributed by atoms with E-state index in [2.05, 4.69) is 27.7 Å². The van der Waals surface area contributed by atoms with Gasteiger partial charge in [-0.2, -0.15) is 8.42 Å². The third kappa shape index (κ3) is 7.52. The summed E-state index contributed by atoms with van der Waals surface area (Å²) in [5.74, 6) is 2.19. The van der Waals surface area contributed by atoms with Crippen LogP contribution in [0.2, 0.25) is 0 Å². The smallest absolute Gasteiger partial charge is 0.264 e. The molecule has 2 aromatic carbocycles. The Morgan fingerprint density at radius 3 is 1.36 bits per heavy atom. The van der Waals surface area contributed by atoms with Crippen molar-refractivity contribution in [3.63, 3.8) is 0 Å². The average Bonchev–Trinajstić information content (AvgIpc) is 2.63. The summed E-state index contributed by atoms with van der Waals surface area (Å²) in [5, 5.41) is 0. The highest BCUT2D eigenvalue weighted by molar-refractivity contribution is 7.86. The predicted molar refractivity (Wildman–Crippen MR) is 112 cm³/mol. The molecule has 0 aromatic heterocycles. The van der Waals surface area contributed by atoms with Crippen molar-refractivity contribution in [3.8, 4) is 11.5 Å². The summed E-state index contributed by atoms with van der Waals surface area (Å²) >= 11 is 0. The maximum Gasteiger partial charge on any atom is 0.264 e. The topological polar surface area (TPSA) is 61.8 Å². The van der Waals surface area contributed by atoms with Gasteiger partial charge in [0.05, 0.1) is 6.26 Å². The van der Waals surface area contributed by atoms with Crippen molar-refractivity contribution >= 4 is 10.1 Å². The van der Waals surface area contributed by atoms with E-state index >= 15 is 0 Å². The Bertz CT molecular complexity index is 769. The van der Waals surface area contributed by atoms with Crippen molar-refractivity contribution in [2.75, 3.05) is 19.5 Å². The van der Waals surface area contributed by atoms with Gasteiger partial charge in [-0.1, -0.05) is 52.0 Å². The zero-order chi connectivity index (χ0) is 20.7. The molecule has 0 spiro atoms. The number of hydrogen-bond donors (Lipinski definition) is 0. The highest BCUT2D eigenvalue weighted by Crippen LogP contribution is 2.20. The summed E-state index contributed by atoms with van der Waals surface area (Å²) in [6.45, 7) is 8.62. The van der Waals surface area contributed by atoms with Gasteiger partial charge in [-0.05, 0) is 47.2 Å². The molecule has 5 nitrogen and oxygen atoms in total. The minimum Gasteiger partial charge on any atom is -0.491 e. The van der Waals surface area contributed by atoms with Gasteiger partial charge in [0.1, 0.15) is 30.8 Å². The number of benzene rings is 2. The Kier molecular flexibility index (Phi) is 7.89. The van der Waals surface area contributed by atoms with E-state index < -0.39 is 16.2 Å². The molecule has 0 heterocycles. The lowest BCUT2D eigenvalue weighted by atomic mass is 10.0. The maximum absolute atomic E-state index is 11.6. The van der Waals surface area contributed by atoms with E-state index in [1.165, 1.54) is 11.1 Å². The van der Waals surface area contributed by atoms with Crippen LogP contribution in [0.15, 0.2) is 48.5 Å². The largest absolute Gasteiger partial charge is 0.491 e. The van der Waals surface area contributed by atoms with E-state index in [4.69, 9.17) is 13.7 Å². The zero-order valence-corrected chi connectivity index (χ0v) is 18.0. The van der Waals surface area contributed by atoms with Gasteiger partial charge >= 0.3 is 0 Å². The molecule has 0 saturated carbocycles. The number of ether oxygens (including phenoxy) is 2. The monoisotopic (exact) mass is 406 g/mol.